The van der Waals surface area contributed by atoms with Gasteiger partial charge < -0.3 is 0 Å². The van der Waals surface area contributed by atoms with E-state index in [0.29, 0.717) is 6.61 Å². The Hall–Kier alpha value is -0.130. The monoisotopic (exact) mass is 148 g/mol. The van der Waals surface area contributed by atoms with E-state index in [2.05, 4.69) is 5.92 Å². The summed E-state index contributed by atoms with van der Waals surface area (Å²) < 4.78 is 9.81. The molecular weight excluding hydrogens is 139 g/mol. The van der Waals surface area contributed by atoms with Crippen LogP contribution >= 0.6 is 7.94 Å². The molecule has 1 aliphatic heterocycles. The van der Waals surface area contributed by atoms with Gasteiger partial charge in [0.05, 0.1) is 0 Å². The van der Waals surface area contributed by atoms with Gasteiger partial charge >= 0.3 is 53.6 Å². The molecule has 0 aromatic heterocycles. The molecule has 0 saturated carbocycles. The molecule has 1 heterocycles. The molecule has 9 heavy (non-hydrogen) atoms. The fourth-order valence-corrected chi connectivity index (χ4v) is 1.84. The molecule has 1 rings (SSSR count). The Kier molecular flexibility index (Phi) is 1.74. The van der Waals surface area contributed by atoms with Crippen LogP contribution < -0.4 is 0 Å². The fourth-order valence-electron chi connectivity index (χ4n) is 0.644. The van der Waals surface area contributed by atoms with Crippen molar-refractivity contribution >= 4 is 7.94 Å². The molecule has 3 nitrogen and oxygen atoms in total. The number of hydrogen-bond donors (Lipinski definition) is 1. The van der Waals surface area contributed by atoms with Gasteiger partial charge in [-0.05, 0) is 0 Å². The Bertz CT molecular complexity index is 149. The van der Waals surface area contributed by atoms with E-state index in [1.807, 2.05) is 0 Å². The third-order valence-electron chi connectivity index (χ3n) is 1.05. The van der Waals surface area contributed by atoms with Gasteiger partial charge in [-0.3, -0.25) is 0 Å². The van der Waals surface area contributed by atoms with Crippen molar-refractivity contribution < 1.29 is 13.9 Å². The van der Waals surface area contributed by atoms with Crippen LogP contribution in [0.1, 0.15) is 0 Å². The van der Waals surface area contributed by atoms with Gasteiger partial charge in [0.25, 0.3) is 0 Å². The van der Waals surface area contributed by atoms with Crippen molar-refractivity contribution in [2.75, 3.05) is 13.3 Å². The summed E-state index contributed by atoms with van der Waals surface area (Å²) in [6.45, 7) is 1.88. The van der Waals surface area contributed by atoms with Crippen LogP contribution in [-0.2, 0) is 9.05 Å². The van der Waals surface area contributed by atoms with Crippen molar-refractivity contribution in [3.05, 3.63) is 0 Å². The van der Waals surface area contributed by atoms with E-state index < -0.39 is 7.94 Å². The zero-order valence-corrected chi connectivity index (χ0v) is 6.13. The Balaban J connectivity index is 2.50. The van der Waals surface area contributed by atoms with Crippen LogP contribution in [0.15, 0.2) is 0 Å². The second kappa shape index (κ2) is 2.24. The normalized spacial score (nSPS) is 35.4. The van der Waals surface area contributed by atoms with Gasteiger partial charge in [0, 0.05) is 0 Å². The molecule has 0 radical (unpaired) electrons. The topological polar surface area (TPSA) is 38.7 Å². The molecule has 1 saturated heterocycles. The summed E-state index contributed by atoms with van der Waals surface area (Å²) in [5, 5.41) is 0. The minimum atomic E-state index is -2.77. The van der Waals surface area contributed by atoms with E-state index in [-0.39, 0.29) is 6.10 Å². The zero-order valence-electron chi connectivity index (χ0n) is 5.13. The molecule has 1 fully saturated rings. The van der Waals surface area contributed by atoms with E-state index in [1.54, 1.807) is 6.66 Å². The summed E-state index contributed by atoms with van der Waals surface area (Å²) in [7, 11) is -2.77. The van der Waals surface area contributed by atoms with Gasteiger partial charge in [-0.15, -0.1) is 0 Å². The molecule has 52 valence electrons. The van der Waals surface area contributed by atoms with Gasteiger partial charge in [-0.1, -0.05) is 0 Å². The van der Waals surface area contributed by atoms with Gasteiger partial charge in [0.1, 0.15) is 0 Å². The second-order valence-electron chi connectivity index (χ2n) is 1.98. The van der Waals surface area contributed by atoms with Crippen molar-refractivity contribution in [2.45, 2.75) is 6.10 Å². The summed E-state index contributed by atoms with van der Waals surface area (Å²) in [5.41, 5.74) is 0. The SMILES string of the molecule is C#CC1CO[PH](C)(O)O1. The summed E-state index contributed by atoms with van der Waals surface area (Å²) in [6, 6.07) is 0. The Labute approximate surface area is 54.6 Å². The van der Waals surface area contributed by atoms with Crippen molar-refractivity contribution in [2.24, 2.45) is 0 Å². The third-order valence-corrected chi connectivity index (χ3v) is 2.47. The van der Waals surface area contributed by atoms with E-state index >= 15 is 0 Å². The van der Waals surface area contributed by atoms with Crippen LogP contribution in [0, 0.1) is 12.3 Å². The molecular formula is C5H9O3P. The zero-order chi connectivity index (χ0) is 6.91. The molecule has 1 N–H and O–H groups in total. The summed E-state index contributed by atoms with van der Waals surface area (Å²) in [5.74, 6) is 2.35. The first-order chi connectivity index (χ1) is 4.14. The average Bonchev–Trinajstić information content (AvgIpc) is 2.10. The van der Waals surface area contributed by atoms with Crippen LogP contribution in [-0.4, -0.2) is 24.3 Å². The predicted molar refractivity (Wildman–Crippen MR) is 36.1 cm³/mol. The molecule has 0 spiro atoms. The molecule has 1 atom stereocenters. The summed E-state index contributed by atoms with van der Waals surface area (Å²) >= 11 is 0. The van der Waals surface area contributed by atoms with Gasteiger partial charge in [0.15, 0.2) is 0 Å². The van der Waals surface area contributed by atoms with Crippen LogP contribution in [0.3, 0.4) is 0 Å². The standard InChI is InChI=1S/C5H9O3P/c1-3-5-4-7-9(2,6)8-5/h1,5-6,9H,4H2,2H3. The van der Waals surface area contributed by atoms with E-state index in [1.165, 1.54) is 0 Å². The van der Waals surface area contributed by atoms with Crippen LogP contribution in [0.4, 0.5) is 0 Å². The maximum atomic E-state index is 9.09. The summed E-state index contributed by atoms with van der Waals surface area (Å²) in [6.07, 6.45) is 4.67. The van der Waals surface area contributed by atoms with E-state index in [4.69, 9.17) is 20.4 Å². The van der Waals surface area contributed by atoms with Gasteiger partial charge in [-0.25, -0.2) is 0 Å². The number of hydrogen-bond acceptors (Lipinski definition) is 3. The minimum absolute atomic E-state index is 0.329. The fraction of sp³-hybridized carbons (Fsp3) is 0.600. The molecule has 0 aromatic rings. The molecule has 0 amide bonds. The third kappa shape index (κ3) is 1.64. The van der Waals surface area contributed by atoms with Crippen molar-refractivity contribution in [1.29, 1.82) is 0 Å². The van der Waals surface area contributed by atoms with Crippen molar-refractivity contribution in [3.63, 3.8) is 0 Å². The Morgan fingerprint density at radius 1 is 1.89 bits per heavy atom. The van der Waals surface area contributed by atoms with E-state index in [0.717, 1.165) is 0 Å². The van der Waals surface area contributed by atoms with E-state index in [9.17, 15) is 0 Å². The van der Waals surface area contributed by atoms with Crippen LogP contribution in [0.25, 0.3) is 0 Å². The van der Waals surface area contributed by atoms with Crippen LogP contribution in [0.5, 0.6) is 0 Å². The number of rotatable bonds is 0. The van der Waals surface area contributed by atoms with Gasteiger partial charge in [-0.2, -0.15) is 0 Å². The Morgan fingerprint density at radius 2 is 2.56 bits per heavy atom. The van der Waals surface area contributed by atoms with Crippen molar-refractivity contribution in [3.8, 4) is 12.3 Å². The molecule has 4 heteroatoms. The molecule has 1 aliphatic rings. The first-order valence-corrected chi connectivity index (χ1v) is 4.91. The molecule has 1 unspecified atom stereocenters. The molecule has 0 aliphatic carbocycles. The van der Waals surface area contributed by atoms with Gasteiger partial charge in [0.2, 0.25) is 0 Å². The molecule has 0 bridgehead atoms. The quantitative estimate of drug-likeness (QED) is 0.392. The maximum absolute atomic E-state index is 9.09. The van der Waals surface area contributed by atoms with Crippen LogP contribution in [0.2, 0.25) is 0 Å². The predicted octanol–water partition coefficient (Wildman–Crippen LogP) is 0.152. The molecule has 0 aromatic carbocycles. The summed E-state index contributed by atoms with van der Waals surface area (Å²) in [4.78, 5) is 9.09. The first kappa shape index (κ1) is 6.98. The average molecular weight is 148 g/mol. The first-order valence-electron chi connectivity index (χ1n) is 2.64. The Morgan fingerprint density at radius 3 is 2.78 bits per heavy atom. The second-order valence-corrected chi connectivity index (χ2v) is 4.30. The van der Waals surface area contributed by atoms with Crippen molar-refractivity contribution in [1.82, 2.24) is 0 Å². The number of terminal acetylenes is 1.